The highest BCUT2D eigenvalue weighted by Crippen LogP contribution is 2.16. The quantitative estimate of drug-likeness (QED) is 0.761. The first-order valence-electron chi connectivity index (χ1n) is 4.37. The summed E-state index contributed by atoms with van der Waals surface area (Å²) in [5.74, 6) is 0. The molecule has 1 rings (SSSR count). The summed E-state index contributed by atoms with van der Waals surface area (Å²) in [4.78, 5) is 0. The summed E-state index contributed by atoms with van der Waals surface area (Å²) in [6.07, 6.45) is 0. The number of nitrogens with one attached hydrogen (secondary N) is 2. The molecule has 14 heavy (non-hydrogen) atoms. The first-order valence-corrected chi connectivity index (χ1v) is 5.16. The smallest absolute Gasteiger partial charge is 0.166 e. The van der Waals surface area contributed by atoms with Gasteiger partial charge in [0.05, 0.1) is 6.04 Å². The van der Waals surface area contributed by atoms with Crippen LogP contribution >= 0.6 is 23.8 Å². The van der Waals surface area contributed by atoms with Gasteiger partial charge in [0.15, 0.2) is 5.11 Å². The molecule has 0 saturated heterocycles. The van der Waals surface area contributed by atoms with E-state index < -0.39 is 0 Å². The van der Waals surface area contributed by atoms with Gasteiger partial charge in [-0.1, -0.05) is 23.7 Å². The van der Waals surface area contributed by atoms with Crippen LogP contribution in [0, 0.1) is 0 Å². The maximum absolute atomic E-state index is 5.88. The average Bonchev–Trinajstić information content (AvgIpc) is 2.17. The molecule has 0 unspecified atom stereocenters. The van der Waals surface area contributed by atoms with Crippen LogP contribution in [0.1, 0.15) is 18.5 Å². The molecule has 4 heteroatoms. The second-order valence-electron chi connectivity index (χ2n) is 3.00. The van der Waals surface area contributed by atoms with E-state index in [4.69, 9.17) is 23.8 Å². The fourth-order valence-corrected chi connectivity index (χ4v) is 1.50. The fraction of sp³-hybridized carbons (Fsp3) is 0.300. The SMILES string of the molecule is CNC(=S)N[C@H](C)c1cccc(Cl)c1. The van der Waals surface area contributed by atoms with E-state index in [0.717, 1.165) is 10.6 Å². The van der Waals surface area contributed by atoms with Crippen LogP contribution in [0.15, 0.2) is 24.3 Å². The van der Waals surface area contributed by atoms with Gasteiger partial charge in [-0.05, 0) is 36.8 Å². The van der Waals surface area contributed by atoms with Gasteiger partial charge in [0.2, 0.25) is 0 Å². The Morgan fingerprint density at radius 1 is 1.50 bits per heavy atom. The number of hydrogen-bond donors (Lipinski definition) is 2. The van der Waals surface area contributed by atoms with Crippen molar-refractivity contribution in [1.82, 2.24) is 10.6 Å². The lowest BCUT2D eigenvalue weighted by atomic mass is 10.1. The van der Waals surface area contributed by atoms with Crippen LogP contribution in [0.3, 0.4) is 0 Å². The first-order chi connectivity index (χ1) is 6.63. The highest BCUT2D eigenvalue weighted by Gasteiger charge is 2.05. The molecule has 0 aliphatic carbocycles. The molecule has 0 bridgehead atoms. The van der Waals surface area contributed by atoms with E-state index in [1.807, 2.05) is 31.2 Å². The predicted octanol–water partition coefficient (Wildman–Crippen LogP) is 2.49. The van der Waals surface area contributed by atoms with E-state index in [1.54, 1.807) is 7.05 Å². The van der Waals surface area contributed by atoms with Crippen molar-refractivity contribution in [2.24, 2.45) is 0 Å². The monoisotopic (exact) mass is 228 g/mol. The highest BCUT2D eigenvalue weighted by molar-refractivity contribution is 7.80. The molecular weight excluding hydrogens is 216 g/mol. The lowest BCUT2D eigenvalue weighted by Crippen LogP contribution is -2.34. The van der Waals surface area contributed by atoms with Gasteiger partial charge in [0.1, 0.15) is 0 Å². The molecular formula is C10H13ClN2S. The lowest BCUT2D eigenvalue weighted by molar-refractivity contribution is 0.709. The average molecular weight is 229 g/mol. The summed E-state index contributed by atoms with van der Waals surface area (Å²) >= 11 is 10.9. The van der Waals surface area contributed by atoms with Crippen molar-refractivity contribution in [3.63, 3.8) is 0 Å². The second-order valence-corrected chi connectivity index (χ2v) is 3.84. The number of benzene rings is 1. The minimum atomic E-state index is 0.161. The Morgan fingerprint density at radius 3 is 2.79 bits per heavy atom. The second kappa shape index (κ2) is 5.17. The van der Waals surface area contributed by atoms with Crippen molar-refractivity contribution in [2.75, 3.05) is 7.05 Å². The van der Waals surface area contributed by atoms with Crippen molar-refractivity contribution in [3.05, 3.63) is 34.9 Å². The van der Waals surface area contributed by atoms with Crippen LogP contribution in [0.5, 0.6) is 0 Å². The minimum Gasteiger partial charge on any atom is -0.366 e. The highest BCUT2D eigenvalue weighted by atomic mass is 35.5. The molecule has 2 nitrogen and oxygen atoms in total. The van der Waals surface area contributed by atoms with Gasteiger partial charge in [-0.3, -0.25) is 0 Å². The third-order valence-corrected chi connectivity index (χ3v) is 2.48. The zero-order valence-electron chi connectivity index (χ0n) is 8.17. The molecule has 76 valence electrons. The molecule has 1 aromatic rings. The topological polar surface area (TPSA) is 24.1 Å². The Morgan fingerprint density at radius 2 is 2.21 bits per heavy atom. The van der Waals surface area contributed by atoms with E-state index in [1.165, 1.54) is 0 Å². The largest absolute Gasteiger partial charge is 0.366 e. The van der Waals surface area contributed by atoms with Crippen LogP contribution in [0.2, 0.25) is 5.02 Å². The lowest BCUT2D eigenvalue weighted by Gasteiger charge is -2.15. The standard InChI is InChI=1S/C10H13ClN2S/c1-7(13-10(14)12-2)8-4-3-5-9(11)6-8/h3-7H,1-2H3,(H2,12,13,14)/t7-/m1/s1. The van der Waals surface area contributed by atoms with Gasteiger partial charge in [0.25, 0.3) is 0 Å². The molecule has 0 spiro atoms. The zero-order valence-corrected chi connectivity index (χ0v) is 9.75. The summed E-state index contributed by atoms with van der Waals surface area (Å²) in [6, 6.07) is 7.89. The van der Waals surface area contributed by atoms with Crippen LogP contribution < -0.4 is 10.6 Å². The third kappa shape index (κ3) is 3.16. The Bertz CT molecular complexity index is 328. The maximum atomic E-state index is 5.88. The molecule has 0 aromatic heterocycles. The fourth-order valence-electron chi connectivity index (χ4n) is 1.13. The molecule has 0 heterocycles. The Kier molecular flexibility index (Phi) is 4.17. The van der Waals surface area contributed by atoms with Crippen LogP contribution in [0.25, 0.3) is 0 Å². The molecule has 1 aromatic carbocycles. The molecule has 0 fully saturated rings. The van der Waals surface area contributed by atoms with E-state index in [2.05, 4.69) is 10.6 Å². The van der Waals surface area contributed by atoms with Gasteiger partial charge >= 0.3 is 0 Å². The number of hydrogen-bond acceptors (Lipinski definition) is 1. The van der Waals surface area contributed by atoms with Gasteiger partial charge < -0.3 is 10.6 Å². The summed E-state index contributed by atoms with van der Waals surface area (Å²) in [7, 11) is 1.79. The van der Waals surface area contributed by atoms with E-state index in [-0.39, 0.29) is 6.04 Å². The van der Waals surface area contributed by atoms with Crippen LogP contribution in [-0.4, -0.2) is 12.2 Å². The third-order valence-electron chi connectivity index (χ3n) is 1.92. The molecule has 0 radical (unpaired) electrons. The summed E-state index contributed by atoms with van der Waals surface area (Å²) < 4.78 is 0. The van der Waals surface area contributed by atoms with Crippen molar-refractivity contribution in [3.8, 4) is 0 Å². The molecule has 2 N–H and O–H groups in total. The summed E-state index contributed by atoms with van der Waals surface area (Å²) in [5.41, 5.74) is 1.12. The van der Waals surface area contributed by atoms with Crippen molar-refractivity contribution >= 4 is 28.9 Å². The molecule has 0 amide bonds. The molecule has 0 aliphatic rings. The van der Waals surface area contributed by atoms with E-state index >= 15 is 0 Å². The Labute approximate surface area is 94.7 Å². The number of rotatable bonds is 2. The summed E-state index contributed by atoms with van der Waals surface area (Å²) in [5, 5.41) is 7.38. The van der Waals surface area contributed by atoms with Gasteiger partial charge in [-0.2, -0.15) is 0 Å². The molecule has 1 atom stereocenters. The number of thiocarbonyl (C=S) groups is 1. The maximum Gasteiger partial charge on any atom is 0.166 e. The van der Waals surface area contributed by atoms with Crippen LogP contribution in [-0.2, 0) is 0 Å². The van der Waals surface area contributed by atoms with Crippen LogP contribution in [0.4, 0.5) is 0 Å². The van der Waals surface area contributed by atoms with Gasteiger partial charge in [0, 0.05) is 12.1 Å². The minimum absolute atomic E-state index is 0.161. The van der Waals surface area contributed by atoms with E-state index in [0.29, 0.717) is 5.11 Å². The van der Waals surface area contributed by atoms with Crippen molar-refractivity contribution < 1.29 is 0 Å². The molecule has 0 aliphatic heterocycles. The predicted molar refractivity (Wildman–Crippen MR) is 64.7 cm³/mol. The Balaban J connectivity index is 2.69. The first kappa shape index (κ1) is 11.3. The zero-order chi connectivity index (χ0) is 10.6. The normalized spacial score (nSPS) is 11.9. The summed E-state index contributed by atoms with van der Waals surface area (Å²) in [6.45, 7) is 2.04. The van der Waals surface area contributed by atoms with E-state index in [9.17, 15) is 0 Å². The van der Waals surface area contributed by atoms with Gasteiger partial charge in [-0.15, -0.1) is 0 Å². The van der Waals surface area contributed by atoms with Crippen molar-refractivity contribution in [2.45, 2.75) is 13.0 Å². The van der Waals surface area contributed by atoms with Gasteiger partial charge in [-0.25, -0.2) is 0 Å². The molecule has 0 saturated carbocycles. The van der Waals surface area contributed by atoms with Crippen molar-refractivity contribution in [1.29, 1.82) is 0 Å². The number of halogens is 1. The Hall–Kier alpha value is -0.800.